The normalized spacial score (nSPS) is 17.9. The van der Waals surface area contributed by atoms with E-state index in [-0.39, 0.29) is 5.91 Å². The molecule has 0 bridgehead atoms. The molecule has 0 unspecified atom stereocenters. The summed E-state index contributed by atoms with van der Waals surface area (Å²) in [5, 5.41) is 0. The van der Waals surface area contributed by atoms with Gasteiger partial charge in [0.2, 0.25) is 15.9 Å². The molecule has 0 atom stereocenters. The smallest absolute Gasteiger partial charge is 0.246 e. The van der Waals surface area contributed by atoms with Crippen LogP contribution in [0.25, 0.3) is 6.08 Å². The van der Waals surface area contributed by atoms with Crippen LogP contribution >= 0.6 is 0 Å². The number of carbonyl (C=O) groups is 1. The fourth-order valence-electron chi connectivity index (χ4n) is 4.46. The molecule has 7 nitrogen and oxygen atoms in total. The van der Waals surface area contributed by atoms with E-state index in [1.54, 1.807) is 46.6 Å². The first-order valence-corrected chi connectivity index (χ1v) is 13.8. The van der Waals surface area contributed by atoms with Crippen molar-refractivity contribution in [3.05, 3.63) is 65.7 Å². The van der Waals surface area contributed by atoms with Gasteiger partial charge in [0.05, 0.1) is 18.1 Å². The minimum absolute atomic E-state index is 0.108. The van der Waals surface area contributed by atoms with E-state index in [1.165, 1.54) is 11.8 Å². The Hall–Kier alpha value is -2.68. The van der Waals surface area contributed by atoms with Crippen molar-refractivity contribution in [3.63, 3.8) is 0 Å². The number of rotatable bonds is 7. The average molecular weight is 498 g/mol. The van der Waals surface area contributed by atoms with Crippen molar-refractivity contribution in [3.8, 4) is 0 Å². The van der Waals surface area contributed by atoms with Crippen LogP contribution in [-0.4, -0.2) is 70.0 Å². The maximum atomic E-state index is 12.9. The van der Waals surface area contributed by atoms with Gasteiger partial charge in [-0.05, 0) is 54.3 Å². The molecule has 8 heteroatoms. The first-order chi connectivity index (χ1) is 16.9. The van der Waals surface area contributed by atoms with Crippen LogP contribution in [0.15, 0.2) is 59.5 Å². The second kappa shape index (κ2) is 11.8. The van der Waals surface area contributed by atoms with Crippen LogP contribution in [0, 0.1) is 0 Å². The maximum absolute atomic E-state index is 12.9. The molecule has 0 aliphatic carbocycles. The number of ether oxygens (including phenoxy) is 1. The van der Waals surface area contributed by atoms with Crippen molar-refractivity contribution in [1.82, 2.24) is 9.21 Å². The van der Waals surface area contributed by atoms with Gasteiger partial charge in [0, 0.05) is 51.5 Å². The van der Waals surface area contributed by atoms with E-state index in [0.29, 0.717) is 24.5 Å². The van der Waals surface area contributed by atoms with Crippen LogP contribution in [0.2, 0.25) is 0 Å². The molecule has 0 radical (unpaired) electrons. The third-order valence-electron chi connectivity index (χ3n) is 6.61. The number of carbonyl (C=O) groups excluding carboxylic acids is 1. The summed E-state index contributed by atoms with van der Waals surface area (Å²) in [4.78, 5) is 16.9. The molecule has 2 aliphatic rings. The van der Waals surface area contributed by atoms with Crippen molar-refractivity contribution in [2.75, 3.05) is 51.3 Å². The Bertz CT molecular complexity index is 1100. The zero-order valence-corrected chi connectivity index (χ0v) is 21.3. The summed E-state index contributed by atoms with van der Waals surface area (Å²) in [5.74, 6) is -0.108. The molecule has 2 aromatic carbocycles. The zero-order valence-electron chi connectivity index (χ0n) is 20.4. The molecule has 0 aromatic heterocycles. The van der Waals surface area contributed by atoms with Crippen molar-refractivity contribution in [2.45, 2.75) is 37.1 Å². The number of hydrogen-bond acceptors (Lipinski definition) is 5. The van der Waals surface area contributed by atoms with Gasteiger partial charge in [-0.2, -0.15) is 4.31 Å². The van der Waals surface area contributed by atoms with Gasteiger partial charge in [-0.3, -0.25) is 4.79 Å². The molecule has 2 aromatic rings. The second-order valence-corrected chi connectivity index (χ2v) is 11.1. The molecule has 35 heavy (non-hydrogen) atoms. The number of likely N-dealkylation sites (N-methyl/N-ethyl adjacent to an activating group) is 1. The Labute approximate surface area is 209 Å². The summed E-state index contributed by atoms with van der Waals surface area (Å²) in [6.45, 7) is 4.98. The van der Waals surface area contributed by atoms with E-state index in [4.69, 9.17) is 4.74 Å². The van der Waals surface area contributed by atoms with Gasteiger partial charge in [-0.1, -0.05) is 37.1 Å². The summed E-state index contributed by atoms with van der Waals surface area (Å²) < 4.78 is 32.9. The molecule has 2 heterocycles. The average Bonchev–Trinajstić information content (AvgIpc) is 3.19. The molecule has 0 spiro atoms. The molecule has 1 amide bonds. The summed E-state index contributed by atoms with van der Waals surface area (Å²) >= 11 is 0. The predicted octanol–water partition coefficient (Wildman–Crippen LogP) is 3.76. The number of benzene rings is 2. The largest absolute Gasteiger partial charge is 0.378 e. The van der Waals surface area contributed by atoms with Gasteiger partial charge >= 0.3 is 0 Å². The molecule has 0 saturated carbocycles. The summed E-state index contributed by atoms with van der Waals surface area (Å²) in [7, 11) is -1.69. The highest BCUT2D eigenvalue weighted by Gasteiger charge is 2.24. The lowest BCUT2D eigenvalue weighted by atomic mass is 10.1. The molecular weight excluding hydrogens is 462 g/mol. The fourth-order valence-corrected chi connectivity index (χ4v) is 5.98. The van der Waals surface area contributed by atoms with E-state index in [1.807, 2.05) is 0 Å². The van der Waals surface area contributed by atoms with Gasteiger partial charge < -0.3 is 14.5 Å². The highest BCUT2D eigenvalue weighted by atomic mass is 32.2. The molecular formula is C27H35N3O4S. The van der Waals surface area contributed by atoms with E-state index in [0.717, 1.165) is 63.1 Å². The van der Waals surface area contributed by atoms with Crippen LogP contribution in [0.5, 0.6) is 0 Å². The van der Waals surface area contributed by atoms with Crippen LogP contribution in [0.4, 0.5) is 5.69 Å². The Kier molecular flexibility index (Phi) is 8.59. The molecule has 2 fully saturated rings. The van der Waals surface area contributed by atoms with Gasteiger partial charge in [0.15, 0.2) is 0 Å². The van der Waals surface area contributed by atoms with Crippen molar-refractivity contribution < 1.29 is 17.9 Å². The zero-order chi connectivity index (χ0) is 24.7. The topological polar surface area (TPSA) is 70.2 Å². The van der Waals surface area contributed by atoms with Gasteiger partial charge in [0.25, 0.3) is 0 Å². The lowest BCUT2D eigenvalue weighted by Gasteiger charge is -2.29. The van der Waals surface area contributed by atoms with Crippen molar-refractivity contribution >= 4 is 27.7 Å². The van der Waals surface area contributed by atoms with Gasteiger partial charge in [-0.15, -0.1) is 0 Å². The SMILES string of the molecule is CN(Cc1ccc(N2CCOCC2)cc1)C(=O)C=Cc1ccc(S(=O)(=O)N2CCCCCC2)cc1. The monoisotopic (exact) mass is 497 g/mol. The fraction of sp³-hybridized carbons (Fsp3) is 0.444. The third kappa shape index (κ3) is 6.72. The molecule has 4 rings (SSSR count). The molecule has 2 saturated heterocycles. The number of anilines is 1. The van der Waals surface area contributed by atoms with Crippen LogP contribution in [0.3, 0.4) is 0 Å². The standard InChI is InChI=1S/C27H35N3O4S/c1-28(22-24-6-11-25(12-7-24)29-18-20-34-21-19-29)27(31)15-10-23-8-13-26(14-9-23)35(32,33)30-16-4-2-3-5-17-30/h6-15H,2-5,16-22H2,1H3. The van der Waals surface area contributed by atoms with Gasteiger partial charge in [-0.25, -0.2) is 8.42 Å². The summed E-state index contributed by atoms with van der Waals surface area (Å²) in [6.07, 6.45) is 7.24. The number of sulfonamides is 1. The Morgan fingerprint density at radius 2 is 1.54 bits per heavy atom. The second-order valence-electron chi connectivity index (χ2n) is 9.18. The van der Waals surface area contributed by atoms with Crippen LogP contribution in [-0.2, 0) is 26.1 Å². The van der Waals surface area contributed by atoms with Gasteiger partial charge in [0.1, 0.15) is 0 Å². The van der Waals surface area contributed by atoms with E-state index >= 15 is 0 Å². The van der Waals surface area contributed by atoms with Crippen molar-refractivity contribution in [1.29, 1.82) is 0 Å². The van der Waals surface area contributed by atoms with E-state index < -0.39 is 10.0 Å². The van der Waals surface area contributed by atoms with Crippen LogP contribution in [0.1, 0.15) is 36.8 Å². The Balaban J connectivity index is 1.32. The molecule has 188 valence electrons. The minimum Gasteiger partial charge on any atom is -0.378 e. The Morgan fingerprint density at radius 1 is 0.914 bits per heavy atom. The lowest BCUT2D eigenvalue weighted by Crippen LogP contribution is -2.36. The first-order valence-electron chi connectivity index (χ1n) is 12.4. The van der Waals surface area contributed by atoms with E-state index in [9.17, 15) is 13.2 Å². The summed E-state index contributed by atoms with van der Waals surface area (Å²) in [5.41, 5.74) is 3.03. The number of nitrogens with zero attached hydrogens (tertiary/aromatic N) is 3. The Morgan fingerprint density at radius 3 is 2.17 bits per heavy atom. The molecule has 0 N–H and O–H groups in total. The third-order valence-corrected chi connectivity index (χ3v) is 8.52. The highest BCUT2D eigenvalue weighted by molar-refractivity contribution is 7.89. The predicted molar refractivity (Wildman–Crippen MR) is 139 cm³/mol. The van der Waals surface area contributed by atoms with Crippen molar-refractivity contribution in [2.24, 2.45) is 0 Å². The number of hydrogen-bond donors (Lipinski definition) is 0. The number of amides is 1. The highest BCUT2D eigenvalue weighted by Crippen LogP contribution is 2.21. The first kappa shape index (κ1) is 25.4. The minimum atomic E-state index is -3.47. The van der Waals surface area contributed by atoms with E-state index in [2.05, 4.69) is 29.2 Å². The quantitative estimate of drug-likeness (QED) is 0.545. The molecule has 2 aliphatic heterocycles. The maximum Gasteiger partial charge on any atom is 0.246 e. The lowest BCUT2D eigenvalue weighted by molar-refractivity contribution is -0.125. The number of morpholine rings is 1. The summed E-state index contributed by atoms with van der Waals surface area (Å²) in [6, 6.07) is 15.1. The van der Waals surface area contributed by atoms with Crippen LogP contribution < -0.4 is 4.90 Å².